The smallest absolute Gasteiger partial charge is 0.120 e. The number of fused-ring (bicyclic) bond motifs is 1. The molecule has 0 bridgehead atoms. The third-order valence-electron chi connectivity index (χ3n) is 5.60. The molecule has 0 aliphatic carbocycles. The maximum atomic E-state index is 10.6. The summed E-state index contributed by atoms with van der Waals surface area (Å²) in [7, 11) is 0. The molecule has 3 aromatic carbocycles. The van der Waals surface area contributed by atoms with E-state index in [1.807, 2.05) is 19.9 Å². The molecule has 0 spiro atoms. The summed E-state index contributed by atoms with van der Waals surface area (Å²) in [4.78, 5) is 2.11. The van der Waals surface area contributed by atoms with Crippen molar-refractivity contribution in [3.05, 3.63) is 88.0 Å². The normalized spacial score (nSPS) is 11.9. The van der Waals surface area contributed by atoms with Gasteiger partial charge in [-0.15, -0.1) is 0 Å². The SMILES string of the molecule is C=C(O)/C(CN(Cc1c(O)ccc2cc(C#N)ccc12)C(C)C)=c1/ccc(C#N)cc1=C. The zero-order valence-electron chi connectivity index (χ0n) is 18.3. The minimum absolute atomic E-state index is 0.0638. The van der Waals surface area contributed by atoms with Crippen molar-refractivity contribution in [1.82, 2.24) is 4.90 Å². The van der Waals surface area contributed by atoms with Gasteiger partial charge in [0.05, 0.1) is 23.3 Å². The minimum Gasteiger partial charge on any atom is -0.508 e. The van der Waals surface area contributed by atoms with Gasteiger partial charge in [-0.2, -0.15) is 10.5 Å². The lowest BCUT2D eigenvalue weighted by Gasteiger charge is -2.28. The molecule has 0 heterocycles. The summed E-state index contributed by atoms with van der Waals surface area (Å²) in [5, 5.41) is 42.4. The summed E-state index contributed by atoms with van der Waals surface area (Å²) in [5.74, 6) is 0.111. The number of aromatic hydroxyl groups is 1. The van der Waals surface area contributed by atoms with E-state index >= 15 is 0 Å². The summed E-state index contributed by atoms with van der Waals surface area (Å²) >= 11 is 0. The molecule has 5 nitrogen and oxygen atoms in total. The Morgan fingerprint density at radius 2 is 1.69 bits per heavy atom. The third-order valence-corrected chi connectivity index (χ3v) is 5.60. The fourth-order valence-corrected chi connectivity index (χ4v) is 3.74. The Bertz CT molecular complexity index is 1390. The van der Waals surface area contributed by atoms with Crippen molar-refractivity contribution in [3.8, 4) is 17.9 Å². The molecule has 160 valence electrons. The Morgan fingerprint density at radius 3 is 2.28 bits per heavy atom. The van der Waals surface area contributed by atoms with Gasteiger partial charge in [-0.3, -0.25) is 4.90 Å². The monoisotopic (exact) mass is 423 g/mol. The fourth-order valence-electron chi connectivity index (χ4n) is 3.74. The molecule has 0 aliphatic rings. The molecule has 2 N–H and O–H groups in total. The molecule has 0 aromatic heterocycles. The first-order chi connectivity index (χ1) is 15.2. The van der Waals surface area contributed by atoms with E-state index in [4.69, 9.17) is 5.26 Å². The second-order valence-corrected chi connectivity index (χ2v) is 8.02. The lowest BCUT2D eigenvalue weighted by molar-refractivity contribution is 0.236. The van der Waals surface area contributed by atoms with E-state index in [1.54, 1.807) is 42.5 Å². The lowest BCUT2D eigenvalue weighted by atomic mass is 10.00. The van der Waals surface area contributed by atoms with Gasteiger partial charge in [0, 0.05) is 30.3 Å². The number of aliphatic hydroxyl groups is 1. The number of benzene rings is 3. The van der Waals surface area contributed by atoms with Crippen molar-refractivity contribution in [2.24, 2.45) is 0 Å². The number of phenolic OH excluding ortho intramolecular Hbond substituents is 1. The van der Waals surface area contributed by atoms with Crippen molar-refractivity contribution in [3.63, 3.8) is 0 Å². The summed E-state index contributed by atoms with van der Waals surface area (Å²) in [6.07, 6.45) is 0. The number of hydrogen-bond acceptors (Lipinski definition) is 5. The lowest BCUT2D eigenvalue weighted by Crippen LogP contribution is -2.36. The highest BCUT2D eigenvalue weighted by Crippen LogP contribution is 2.30. The van der Waals surface area contributed by atoms with Gasteiger partial charge in [-0.05, 0) is 65.4 Å². The van der Waals surface area contributed by atoms with Crippen LogP contribution >= 0.6 is 0 Å². The Hall–Kier alpha value is -4.06. The summed E-state index contributed by atoms with van der Waals surface area (Å²) in [6, 6.07) is 18.3. The zero-order valence-corrected chi connectivity index (χ0v) is 18.3. The zero-order chi connectivity index (χ0) is 23.4. The van der Waals surface area contributed by atoms with Crippen molar-refractivity contribution in [2.45, 2.75) is 26.4 Å². The van der Waals surface area contributed by atoms with Gasteiger partial charge in [-0.25, -0.2) is 0 Å². The maximum absolute atomic E-state index is 10.6. The number of nitrogens with zero attached hydrogens (tertiary/aromatic N) is 3. The van der Waals surface area contributed by atoms with Crippen molar-refractivity contribution < 1.29 is 10.2 Å². The van der Waals surface area contributed by atoms with E-state index in [0.717, 1.165) is 21.6 Å². The molecule has 0 radical (unpaired) electrons. The van der Waals surface area contributed by atoms with Crippen molar-refractivity contribution in [2.75, 3.05) is 6.54 Å². The summed E-state index contributed by atoms with van der Waals surface area (Å²) in [6.45, 7) is 12.6. The van der Waals surface area contributed by atoms with Gasteiger partial charge in [0.2, 0.25) is 0 Å². The molecular weight excluding hydrogens is 398 g/mol. The minimum atomic E-state index is -0.0638. The molecule has 32 heavy (non-hydrogen) atoms. The van der Waals surface area contributed by atoms with Crippen LogP contribution < -0.4 is 10.4 Å². The molecule has 0 atom stereocenters. The number of phenols is 1. The second kappa shape index (κ2) is 9.39. The topological polar surface area (TPSA) is 91.3 Å². The molecule has 3 aromatic rings. The molecule has 0 amide bonds. The van der Waals surface area contributed by atoms with Crippen LogP contribution in [0.2, 0.25) is 0 Å². The molecule has 0 aliphatic heterocycles. The quantitative estimate of drug-likeness (QED) is 0.588. The van der Waals surface area contributed by atoms with Crippen molar-refractivity contribution >= 4 is 22.9 Å². The fraction of sp³-hybridized carbons (Fsp3) is 0.185. The number of aliphatic hydroxyl groups excluding tert-OH is 1. The molecule has 0 unspecified atom stereocenters. The molecular formula is C27H25N3O2. The molecule has 0 saturated heterocycles. The highest BCUT2D eigenvalue weighted by atomic mass is 16.3. The van der Waals surface area contributed by atoms with Gasteiger partial charge >= 0.3 is 0 Å². The number of rotatable bonds is 6. The van der Waals surface area contributed by atoms with Crippen LogP contribution in [0, 0.1) is 22.7 Å². The Labute approximate surface area is 187 Å². The first-order valence-electron chi connectivity index (χ1n) is 10.2. The summed E-state index contributed by atoms with van der Waals surface area (Å²) < 4.78 is 0. The van der Waals surface area contributed by atoms with Gasteiger partial charge in [0.25, 0.3) is 0 Å². The highest BCUT2D eigenvalue weighted by molar-refractivity contribution is 5.88. The van der Waals surface area contributed by atoms with Crippen LogP contribution in [0.15, 0.2) is 60.9 Å². The molecule has 3 rings (SSSR count). The van der Waals surface area contributed by atoms with Crippen LogP contribution in [-0.2, 0) is 6.54 Å². The third kappa shape index (κ3) is 4.64. The maximum Gasteiger partial charge on any atom is 0.120 e. The van der Waals surface area contributed by atoms with Crippen LogP contribution in [0.3, 0.4) is 0 Å². The van der Waals surface area contributed by atoms with Crippen molar-refractivity contribution in [1.29, 1.82) is 10.5 Å². The van der Waals surface area contributed by atoms with Crippen LogP contribution in [-0.4, -0.2) is 27.7 Å². The number of hydrogen-bond donors (Lipinski definition) is 2. The first-order valence-corrected chi connectivity index (χ1v) is 10.2. The first kappa shape index (κ1) is 22.6. The number of nitriles is 2. The Balaban J connectivity index is 2.08. The van der Waals surface area contributed by atoms with E-state index in [9.17, 15) is 15.5 Å². The van der Waals surface area contributed by atoms with E-state index in [1.165, 1.54) is 0 Å². The van der Waals surface area contributed by atoms with Gasteiger partial charge in [0.1, 0.15) is 11.5 Å². The molecule has 5 heteroatoms. The second-order valence-electron chi connectivity index (χ2n) is 8.02. The Morgan fingerprint density at radius 1 is 1.03 bits per heavy atom. The van der Waals surface area contributed by atoms with Gasteiger partial charge in [-0.1, -0.05) is 31.4 Å². The molecule has 0 fully saturated rings. The standard InChI is InChI=1S/C27H25N3O2/c1-17(2)30(15-25(19(4)31)23-8-5-20(13-28)11-18(23)3)16-26-24-9-6-21(14-29)12-22(24)7-10-27(26)32/h5-12,17,31-32H,3-4,15-16H2,1-2H3/b25-23-. The van der Waals surface area contributed by atoms with E-state index in [-0.39, 0.29) is 17.6 Å². The largest absolute Gasteiger partial charge is 0.508 e. The summed E-state index contributed by atoms with van der Waals surface area (Å²) in [5.41, 5.74) is 2.42. The van der Waals surface area contributed by atoms with E-state index < -0.39 is 0 Å². The average Bonchev–Trinajstić information content (AvgIpc) is 2.77. The Kier molecular flexibility index (Phi) is 6.64. The van der Waals surface area contributed by atoms with Crippen LogP contribution in [0.4, 0.5) is 0 Å². The molecule has 0 saturated carbocycles. The van der Waals surface area contributed by atoms with Crippen LogP contribution in [0.5, 0.6) is 5.75 Å². The van der Waals surface area contributed by atoms with E-state index in [2.05, 4.69) is 30.2 Å². The highest BCUT2D eigenvalue weighted by Gasteiger charge is 2.18. The van der Waals surface area contributed by atoms with Gasteiger partial charge < -0.3 is 10.2 Å². The van der Waals surface area contributed by atoms with E-state index in [0.29, 0.717) is 35.0 Å². The average molecular weight is 424 g/mol. The van der Waals surface area contributed by atoms with Crippen LogP contribution in [0.1, 0.15) is 30.5 Å². The van der Waals surface area contributed by atoms with Crippen LogP contribution in [0.25, 0.3) is 22.9 Å². The predicted molar refractivity (Wildman–Crippen MR) is 127 cm³/mol. The van der Waals surface area contributed by atoms with Gasteiger partial charge in [0.15, 0.2) is 0 Å². The predicted octanol–water partition coefficient (Wildman–Crippen LogP) is 3.83.